The van der Waals surface area contributed by atoms with Gasteiger partial charge in [0.05, 0.1) is 25.2 Å². The van der Waals surface area contributed by atoms with Crippen LogP contribution in [0.4, 0.5) is 0 Å². The molecule has 6 nitrogen and oxygen atoms in total. The van der Waals surface area contributed by atoms with Crippen molar-refractivity contribution in [2.45, 2.75) is 347 Å². The Hall–Kier alpha value is -1.92. The third-order valence-corrected chi connectivity index (χ3v) is 14.2. The zero-order chi connectivity index (χ0) is 50.2. The maximum absolute atomic E-state index is 13.3. The molecule has 0 aliphatic heterocycles. The second-order valence-electron chi connectivity index (χ2n) is 21.1. The van der Waals surface area contributed by atoms with Crippen molar-refractivity contribution in [2.24, 2.45) is 0 Å². The average Bonchev–Trinajstić information content (AvgIpc) is 3.34. The summed E-state index contributed by atoms with van der Waals surface area (Å²) in [5, 5.41) is 23.9. The Morgan fingerprint density at radius 3 is 1.14 bits per heavy atom. The summed E-state index contributed by atoms with van der Waals surface area (Å²) in [6, 6.07) is -0.702. The normalized spacial score (nSPS) is 13.3. The third kappa shape index (κ3) is 52.2. The first kappa shape index (κ1) is 67.1. The van der Waals surface area contributed by atoms with Crippen LogP contribution in [-0.4, -0.2) is 46.9 Å². The van der Waals surface area contributed by atoms with Gasteiger partial charge in [0.15, 0.2) is 0 Å². The van der Waals surface area contributed by atoms with Gasteiger partial charge < -0.3 is 20.3 Å². The van der Waals surface area contributed by atoms with Gasteiger partial charge in [-0.1, -0.05) is 288 Å². The van der Waals surface area contributed by atoms with Crippen LogP contribution >= 0.6 is 0 Å². The van der Waals surface area contributed by atoms with Gasteiger partial charge >= 0.3 is 5.97 Å². The summed E-state index contributed by atoms with van der Waals surface area (Å²) < 4.78 is 5.98. The van der Waals surface area contributed by atoms with Crippen molar-refractivity contribution in [1.29, 1.82) is 0 Å². The first-order valence-electron chi connectivity index (χ1n) is 30.7. The molecule has 0 saturated carbocycles. The van der Waals surface area contributed by atoms with E-state index in [1.54, 1.807) is 0 Å². The van der Waals surface area contributed by atoms with Crippen LogP contribution in [0.2, 0.25) is 0 Å². The van der Waals surface area contributed by atoms with Crippen LogP contribution in [0.5, 0.6) is 0 Å². The van der Waals surface area contributed by atoms with Gasteiger partial charge in [-0.05, 0) is 64.2 Å². The molecule has 0 radical (unpaired) electrons. The maximum atomic E-state index is 13.3. The highest BCUT2D eigenvalue weighted by Gasteiger charge is 2.24. The average molecular weight is 971 g/mol. The lowest BCUT2D eigenvalue weighted by Crippen LogP contribution is -2.46. The van der Waals surface area contributed by atoms with Gasteiger partial charge in [0, 0.05) is 6.42 Å². The topological polar surface area (TPSA) is 95.9 Å². The Morgan fingerprint density at radius 1 is 0.420 bits per heavy atom. The van der Waals surface area contributed by atoms with E-state index < -0.39 is 18.2 Å². The van der Waals surface area contributed by atoms with E-state index in [-0.39, 0.29) is 24.9 Å². The maximum Gasteiger partial charge on any atom is 0.306 e. The number of hydrogen-bond acceptors (Lipinski definition) is 5. The molecule has 0 aliphatic carbocycles. The van der Waals surface area contributed by atoms with Gasteiger partial charge in [0.2, 0.25) is 5.91 Å². The molecule has 3 unspecified atom stereocenters. The van der Waals surface area contributed by atoms with Crippen molar-refractivity contribution in [2.75, 3.05) is 6.61 Å². The molecule has 0 bridgehead atoms. The predicted molar refractivity (Wildman–Crippen MR) is 301 cm³/mol. The number of carbonyl (C=O) groups excluding carboxylic acids is 2. The SMILES string of the molecule is CCCCC/C=C\C/C=C\C/C=C\CCCCCCCCC(=O)OC(CCCCCCCCCCCCCCCCCCC)CC(=O)NC(CO)C(O)CCCCCCCCCCCCCCCC. The first-order valence-corrected chi connectivity index (χ1v) is 30.7. The fraction of sp³-hybridized carbons (Fsp3) is 0.873. The van der Waals surface area contributed by atoms with E-state index in [4.69, 9.17) is 4.74 Å². The summed E-state index contributed by atoms with van der Waals surface area (Å²) >= 11 is 0. The van der Waals surface area contributed by atoms with E-state index in [0.717, 1.165) is 64.2 Å². The lowest BCUT2D eigenvalue weighted by Gasteiger charge is -2.24. The van der Waals surface area contributed by atoms with Gasteiger partial charge in [0.25, 0.3) is 0 Å². The molecule has 0 aliphatic rings. The number of aliphatic hydroxyl groups is 2. The summed E-state index contributed by atoms with van der Waals surface area (Å²) in [4.78, 5) is 26.3. The van der Waals surface area contributed by atoms with Crippen molar-refractivity contribution < 1.29 is 24.5 Å². The molecule has 69 heavy (non-hydrogen) atoms. The molecule has 0 rings (SSSR count). The number of nitrogens with one attached hydrogen (secondary N) is 1. The summed E-state index contributed by atoms with van der Waals surface area (Å²) in [7, 11) is 0. The first-order chi connectivity index (χ1) is 34.0. The summed E-state index contributed by atoms with van der Waals surface area (Å²) in [6.45, 7) is 6.50. The second-order valence-corrected chi connectivity index (χ2v) is 21.1. The zero-order valence-electron chi connectivity index (χ0n) is 46.5. The smallest absolute Gasteiger partial charge is 0.306 e. The van der Waals surface area contributed by atoms with Crippen molar-refractivity contribution in [1.82, 2.24) is 5.32 Å². The molecule has 0 fully saturated rings. The van der Waals surface area contributed by atoms with Crippen LogP contribution in [0.1, 0.15) is 329 Å². The van der Waals surface area contributed by atoms with Crippen molar-refractivity contribution >= 4 is 11.9 Å². The Bertz CT molecular complexity index is 1130. The van der Waals surface area contributed by atoms with E-state index in [1.807, 2.05) is 0 Å². The van der Waals surface area contributed by atoms with Gasteiger partial charge in [-0.25, -0.2) is 0 Å². The van der Waals surface area contributed by atoms with E-state index in [9.17, 15) is 19.8 Å². The molecule has 0 aromatic rings. The van der Waals surface area contributed by atoms with Crippen molar-refractivity contribution in [3.8, 4) is 0 Å². The van der Waals surface area contributed by atoms with E-state index >= 15 is 0 Å². The molecule has 0 aromatic heterocycles. The van der Waals surface area contributed by atoms with Crippen LogP contribution in [0.3, 0.4) is 0 Å². The van der Waals surface area contributed by atoms with Crippen molar-refractivity contribution in [3.05, 3.63) is 36.5 Å². The summed E-state index contributed by atoms with van der Waals surface area (Å²) in [5.41, 5.74) is 0. The van der Waals surface area contributed by atoms with Crippen LogP contribution < -0.4 is 5.32 Å². The number of esters is 1. The number of unbranched alkanes of at least 4 members (excludes halogenated alkanes) is 38. The minimum atomic E-state index is -0.788. The summed E-state index contributed by atoms with van der Waals surface area (Å²) in [6.07, 6.45) is 69.2. The largest absolute Gasteiger partial charge is 0.462 e. The highest BCUT2D eigenvalue weighted by atomic mass is 16.5. The highest BCUT2D eigenvalue weighted by Crippen LogP contribution is 2.19. The van der Waals surface area contributed by atoms with Crippen LogP contribution in [0.25, 0.3) is 0 Å². The lowest BCUT2D eigenvalue weighted by molar-refractivity contribution is -0.151. The Morgan fingerprint density at radius 2 is 0.739 bits per heavy atom. The number of carbonyl (C=O) groups is 2. The molecule has 406 valence electrons. The van der Waals surface area contributed by atoms with E-state index in [2.05, 4.69) is 62.5 Å². The standard InChI is InChI=1S/C63H119NO5/c1-4-7-10-13-16-19-22-25-28-30-31-33-35-38-41-44-47-50-53-56-63(68)69-59(54-51-48-45-42-39-36-34-32-29-26-23-20-17-14-11-8-5-2)57-62(67)64-60(58-65)61(66)55-52-49-46-43-40-37-27-24-21-18-15-12-9-6-3/h16,19,25,28,31,33,59-61,65-66H,4-15,17-18,20-24,26-27,29-30,32,34-58H2,1-3H3,(H,64,67)/b19-16-,28-25-,33-31-. The number of ether oxygens (including phenoxy) is 1. The second kappa shape index (κ2) is 57.0. The quantitative estimate of drug-likeness (QED) is 0.0321. The number of rotatable bonds is 56. The van der Waals surface area contributed by atoms with Gasteiger partial charge in [-0.3, -0.25) is 9.59 Å². The van der Waals surface area contributed by atoms with E-state index in [1.165, 1.54) is 218 Å². The fourth-order valence-electron chi connectivity index (χ4n) is 9.56. The number of aliphatic hydroxyl groups excluding tert-OH is 2. The molecule has 1 amide bonds. The highest BCUT2D eigenvalue weighted by molar-refractivity contribution is 5.77. The molecular weight excluding hydrogens is 851 g/mol. The Labute approximate surface area is 430 Å². The molecule has 0 spiro atoms. The molecule has 6 heteroatoms. The molecule has 0 heterocycles. The Balaban J connectivity index is 4.54. The van der Waals surface area contributed by atoms with E-state index in [0.29, 0.717) is 19.3 Å². The minimum Gasteiger partial charge on any atom is -0.462 e. The molecular formula is C63H119NO5. The number of amides is 1. The minimum absolute atomic E-state index is 0.0773. The number of allylic oxidation sites excluding steroid dienone is 6. The monoisotopic (exact) mass is 970 g/mol. The van der Waals surface area contributed by atoms with Crippen LogP contribution in [0.15, 0.2) is 36.5 Å². The Kier molecular flexibility index (Phi) is 55.4. The third-order valence-electron chi connectivity index (χ3n) is 14.2. The zero-order valence-corrected chi connectivity index (χ0v) is 46.5. The lowest BCUT2D eigenvalue weighted by atomic mass is 10.0. The van der Waals surface area contributed by atoms with Gasteiger partial charge in [-0.2, -0.15) is 0 Å². The van der Waals surface area contributed by atoms with Crippen LogP contribution in [-0.2, 0) is 14.3 Å². The summed E-state index contributed by atoms with van der Waals surface area (Å²) in [5.74, 6) is -0.468. The number of hydrogen-bond donors (Lipinski definition) is 3. The predicted octanol–water partition coefficient (Wildman–Crippen LogP) is 19.2. The van der Waals surface area contributed by atoms with Crippen molar-refractivity contribution in [3.63, 3.8) is 0 Å². The molecule has 3 N–H and O–H groups in total. The van der Waals surface area contributed by atoms with Gasteiger partial charge in [-0.15, -0.1) is 0 Å². The fourth-order valence-corrected chi connectivity index (χ4v) is 9.56. The van der Waals surface area contributed by atoms with Crippen LogP contribution in [0, 0.1) is 0 Å². The van der Waals surface area contributed by atoms with Gasteiger partial charge in [0.1, 0.15) is 6.10 Å². The molecule has 0 aromatic carbocycles. The molecule has 3 atom stereocenters. The molecule has 0 saturated heterocycles.